The summed E-state index contributed by atoms with van der Waals surface area (Å²) in [5.74, 6) is -0.183. The van der Waals surface area contributed by atoms with Gasteiger partial charge in [0.05, 0.1) is 6.54 Å². The SMILES string of the molecule is CSC1=NSC(CN(C(=O)CCl)c2c(C)cccc2C)O1. The van der Waals surface area contributed by atoms with E-state index in [0.29, 0.717) is 11.8 Å². The summed E-state index contributed by atoms with van der Waals surface area (Å²) in [6, 6.07) is 5.96. The Labute approximate surface area is 138 Å². The first kappa shape index (κ1) is 16.5. The molecule has 1 aromatic rings. The Hall–Kier alpha value is -0.850. The lowest BCUT2D eigenvalue weighted by atomic mass is 10.1. The van der Waals surface area contributed by atoms with Crippen LogP contribution in [-0.2, 0) is 9.53 Å². The van der Waals surface area contributed by atoms with Crippen LogP contribution in [0, 0.1) is 13.8 Å². The predicted octanol–water partition coefficient (Wildman–Crippen LogP) is 3.60. The van der Waals surface area contributed by atoms with E-state index in [1.54, 1.807) is 4.90 Å². The third-order valence-corrected chi connectivity index (χ3v) is 4.74. The maximum absolute atomic E-state index is 12.2. The summed E-state index contributed by atoms with van der Waals surface area (Å²) < 4.78 is 9.89. The van der Waals surface area contributed by atoms with Crippen LogP contribution in [0.4, 0.5) is 5.69 Å². The van der Waals surface area contributed by atoms with E-state index in [9.17, 15) is 4.79 Å². The molecule has 0 aliphatic carbocycles. The van der Waals surface area contributed by atoms with Gasteiger partial charge in [-0.2, -0.15) is 4.40 Å². The predicted molar refractivity (Wildman–Crippen MR) is 92.4 cm³/mol. The van der Waals surface area contributed by atoms with Crippen molar-refractivity contribution in [1.29, 1.82) is 0 Å². The molecule has 1 aliphatic heterocycles. The number of hydrogen-bond acceptors (Lipinski definition) is 5. The number of nitrogens with zero attached hydrogens (tertiary/aromatic N) is 2. The van der Waals surface area contributed by atoms with Crippen molar-refractivity contribution in [2.24, 2.45) is 4.40 Å². The second-order valence-electron chi connectivity index (χ2n) is 4.59. The zero-order chi connectivity index (χ0) is 15.4. The molecule has 0 fully saturated rings. The Bertz CT molecular complexity index is 546. The van der Waals surface area contributed by atoms with Crippen molar-refractivity contribution in [1.82, 2.24) is 0 Å². The lowest BCUT2D eigenvalue weighted by Crippen LogP contribution is -2.38. The first-order valence-electron chi connectivity index (χ1n) is 6.43. The van der Waals surface area contributed by atoms with E-state index in [1.165, 1.54) is 23.7 Å². The minimum absolute atomic E-state index is 0.0542. The van der Waals surface area contributed by atoms with Gasteiger partial charge in [-0.15, -0.1) is 11.6 Å². The Morgan fingerprint density at radius 3 is 2.67 bits per heavy atom. The second-order valence-corrected chi connectivity index (χ2v) is 6.54. The highest BCUT2D eigenvalue weighted by Gasteiger charge is 2.27. The average Bonchev–Trinajstić information content (AvgIpc) is 2.93. The molecule has 0 saturated carbocycles. The van der Waals surface area contributed by atoms with Crippen molar-refractivity contribution in [3.8, 4) is 0 Å². The summed E-state index contributed by atoms with van der Waals surface area (Å²) in [7, 11) is 0. The molecule has 1 amide bonds. The van der Waals surface area contributed by atoms with Crippen molar-refractivity contribution in [2.45, 2.75) is 19.3 Å². The second kappa shape index (κ2) is 7.42. The average molecular weight is 345 g/mol. The summed E-state index contributed by atoms with van der Waals surface area (Å²) in [6.07, 6.45) is 1.91. The molecule has 21 heavy (non-hydrogen) atoms. The first-order chi connectivity index (χ1) is 10.1. The molecule has 1 atom stereocenters. The number of alkyl halides is 1. The van der Waals surface area contributed by atoms with Crippen molar-refractivity contribution in [3.63, 3.8) is 0 Å². The largest absolute Gasteiger partial charge is 0.454 e. The quantitative estimate of drug-likeness (QED) is 0.618. The summed E-state index contributed by atoms with van der Waals surface area (Å²) >= 11 is 8.57. The highest BCUT2D eigenvalue weighted by Crippen LogP contribution is 2.31. The molecule has 114 valence electrons. The van der Waals surface area contributed by atoms with Gasteiger partial charge in [0.25, 0.3) is 5.23 Å². The molecule has 0 spiro atoms. The van der Waals surface area contributed by atoms with Gasteiger partial charge in [-0.05, 0) is 31.2 Å². The highest BCUT2D eigenvalue weighted by atomic mass is 35.5. The van der Waals surface area contributed by atoms with Gasteiger partial charge in [-0.1, -0.05) is 30.0 Å². The zero-order valence-corrected chi connectivity index (χ0v) is 14.5. The van der Waals surface area contributed by atoms with Gasteiger partial charge < -0.3 is 9.64 Å². The highest BCUT2D eigenvalue weighted by molar-refractivity contribution is 8.14. The van der Waals surface area contributed by atoms with Crippen LogP contribution in [0.1, 0.15) is 11.1 Å². The number of benzene rings is 1. The monoisotopic (exact) mass is 344 g/mol. The van der Waals surface area contributed by atoms with E-state index in [2.05, 4.69) is 4.40 Å². The number of carbonyl (C=O) groups is 1. The van der Waals surface area contributed by atoms with Crippen LogP contribution in [-0.4, -0.2) is 35.3 Å². The molecular weight excluding hydrogens is 328 g/mol. The summed E-state index contributed by atoms with van der Waals surface area (Å²) in [6.45, 7) is 4.40. The number of ether oxygens (including phenoxy) is 1. The maximum Gasteiger partial charge on any atom is 0.258 e. The molecule has 0 N–H and O–H groups in total. The normalized spacial score (nSPS) is 17.3. The van der Waals surface area contributed by atoms with E-state index < -0.39 is 0 Å². The van der Waals surface area contributed by atoms with Crippen molar-refractivity contribution >= 4 is 52.1 Å². The van der Waals surface area contributed by atoms with Gasteiger partial charge in [0.1, 0.15) is 5.88 Å². The fourth-order valence-electron chi connectivity index (χ4n) is 2.18. The van der Waals surface area contributed by atoms with E-state index in [1.807, 2.05) is 38.3 Å². The third-order valence-electron chi connectivity index (χ3n) is 3.11. The van der Waals surface area contributed by atoms with Crippen LogP contribution < -0.4 is 4.90 Å². The number of thioether (sulfide) groups is 1. The van der Waals surface area contributed by atoms with Crippen LogP contribution in [0.3, 0.4) is 0 Å². The Balaban J connectivity index is 2.22. The smallest absolute Gasteiger partial charge is 0.258 e. The lowest BCUT2D eigenvalue weighted by molar-refractivity contribution is -0.116. The van der Waals surface area contributed by atoms with Crippen LogP contribution in [0.2, 0.25) is 0 Å². The van der Waals surface area contributed by atoms with Crippen LogP contribution in [0.15, 0.2) is 22.6 Å². The Morgan fingerprint density at radius 2 is 2.14 bits per heavy atom. The molecule has 0 aromatic heterocycles. The van der Waals surface area contributed by atoms with E-state index in [-0.39, 0.29) is 17.2 Å². The number of halogens is 1. The topological polar surface area (TPSA) is 41.9 Å². The van der Waals surface area contributed by atoms with Gasteiger partial charge in [-0.3, -0.25) is 4.79 Å². The number of carbonyl (C=O) groups excluding carboxylic acids is 1. The van der Waals surface area contributed by atoms with Gasteiger partial charge in [0.15, 0.2) is 5.44 Å². The van der Waals surface area contributed by atoms with Crippen LogP contribution in [0.5, 0.6) is 0 Å². The summed E-state index contributed by atoms with van der Waals surface area (Å²) in [5, 5.41) is 0.643. The molecular formula is C14H17ClN2O2S2. The van der Waals surface area contributed by atoms with Crippen molar-refractivity contribution in [3.05, 3.63) is 29.3 Å². The molecule has 1 aliphatic rings. The number of aryl methyl sites for hydroxylation is 2. The van der Waals surface area contributed by atoms with Crippen molar-refractivity contribution in [2.75, 3.05) is 23.6 Å². The molecule has 4 nitrogen and oxygen atoms in total. The Morgan fingerprint density at radius 1 is 1.48 bits per heavy atom. The van der Waals surface area contributed by atoms with E-state index >= 15 is 0 Å². The fraction of sp³-hybridized carbons (Fsp3) is 0.429. The standard InChI is InChI=1S/C14H17ClN2O2S2/c1-9-5-4-6-10(2)13(9)17(11(18)7-15)8-12-19-14(20-3)16-21-12/h4-6,12H,7-8H2,1-3H3. The molecule has 1 heterocycles. The van der Waals surface area contributed by atoms with Gasteiger partial charge in [-0.25, -0.2) is 0 Å². The molecule has 2 rings (SSSR count). The molecule has 0 radical (unpaired) electrons. The van der Waals surface area contributed by atoms with Gasteiger partial charge >= 0.3 is 0 Å². The molecule has 7 heteroatoms. The number of hydrogen-bond donors (Lipinski definition) is 0. The van der Waals surface area contributed by atoms with Crippen LogP contribution in [0.25, 0.3) is 0 Å². The number of amides is 1. The Kier molecular flexibility index (Phi) is 5.84. The number of anilines is 1. The third kappa shape index (κ3) is 3.87. The summed E-state index contributed by atoms with van der Waals surface area (Å²) in [5.41, 5.74) is 2.80. The van der Waals surface area contributed by atoms with E-state index in [0.717, 1.165) is 16.8 Å². The summed E-state index contributed by atoms with van der Waals surface area (Å²) in [4.78, 5) is 13.9. The molecule has 1 aromatic carbocycles. The molecule has 0 saturated heterocycles. The van der Waals surface area contributed by atoms with E-state index in [4.69, 9.17) is 16.3 Å². The van der Waals surface area contributed by atoms with Gasteiger partial charge in [0, 0.05) is 17.6 Å². The zero-order valence-electron chi connectivity index (χ0n) is 12.1. The number of rotatable bonds is 4. The fourth-order valence-corrected chi connectivity index (χ4v) is 3.63. The molecule has 0 bridgehead atoms. The van der Waals surface area contributed by atoms with Crippen LogP contribution >= 0.6 is 35.3 Å². The van der Waals surface area contributed by atoms with Gasteiger partial charge in [0.2, 0.25) is 5.91 Å². The first-order valence-corrected chi connectivity index (χ1v) is 9.03. The maximum atomic E-state index is 12.2. The minimum Gasteiger partial charge on any atom is -0.454 e. The minimum atomic E-state index is -0.196. The van der Waals surface area contributed by atoms with Crippen molar-refractivity contribution < 1.29 is 9.53 Å². The lowest BCUT2D eigenvalue weighted by Gasteiger charge is -2.27. The molecule has 1 unspecified atom stereocenters. The number of para-hydroxylation sites is 1.